The van der Waals surface area contributed by atoms with Crippen molar-refractivity contribution < 1.29 is 23.8 Å². The number of amides is 2. The number of halogens is 1. The van der Waals surface area contributed by atoms with Gasteiger partial charge in [-0.1, -0.05) is 48.0 Å². The highest BCUT2D eigenvalue weighted by Gasteiger charge is 2.51. The molecular formula is C39H42ClN7O5. The van der Waals surface area contributed by atoms with Crippen LogP contribution in [0.3, 0.4) is 0 Å². The Kier molecular flexibility index (Phi) is 9.01. The summed E-state index contributed by atoms with van der Waals surface area (Å²) in [6.07, 6.45) is 3.21. The second-order valence-electron chi connectivity index (χ2n) is 14.1. The van der Waals surface area contributed by atoms with Gasteiger partial charge in [0.1, 0.15) is 18.1 Å². The van der Waals surface area contributed by atoms with Gasteiger partial charge in [0, 0.05) is 81.9 Å². The molecule has 0 radical (unpaired) electrons. The van der Waals surface area contributed by atoms with E-state index in [1.807, 2.05) is 41.3 Å². The first-order valence-electron chi connectivity index (χ1n) is 17.7. The zero-order valence-electron chi connectivity index (χ0n) is 29.9. The van der Waals surface area contributed by atoms with Crippen molar-refractivity contribution in [3.05, 3.63) is 70.5 Å². The number of nitrogens with zero attached hydrogens (tertiary/aromatic N) is 6. The Balaban J connectivity index is 1.05. The van der Waals surface area contributed by atoms with Crippen molar-refractivity contribution in [2.45, 2.75) is 44.8 Å². The third kappa shape index (κ3) is 6.12. The lowest BCUT2D eigenvalue weighted by molar-refractivity contribution is -0.130. The summed E-state index contributed by atoms with van der Waals surface area (Å²) < 4.78 is 17.8. The molecule has 0 bridgehead atoms. The quantitative estimate of drug-likeness (QED) is 0.268. The maximum Gasteiger partial charge on any atom is 0.237 e. The fourth-order valence-corrected chi connectivity index (χ4v) is 8.43. The van der Waals surface area contributed by atoms with E-state index in [1.165, 1.54) is 0 Å². The van der Waals surface area contributed by atoms with Gasteiger partial charge in [0.15, 0.2) is 0 Å². The van der Waals surface area contributed by atoms with Crippen LogP contribution >= 0.6 is 11.6 Å². The molecule has 6 heterocycles. The summed E-state index contributed by atoms with van der Waals surface area (Å²) in [6, 6.07) is 14.1. The highest BCUT2D eigenvalue weighted by atomic mass is 35.5. The Bertz CT molecular complexity index is 2060. The number of nitrogens with one attached hydrogen (secondary N) is 1. The second-order valence-corrected chi connectivity index (χ2v) is 14.5. The molecule has 0 saturated carbocycles. The van der Waals surface area contributed by atoms with Crippen LogP contribution in [0.5, 0.6) is 17.5 Å². The minimum Gasteiger partial charge on any atom is -0.491 e. The summed E-state index contributed by atoms with van der Waals surface area (Å²) in [4.78, 5) is 44.7. The van der Waals surface area contributed by atoms with Crippen LogP contribution in [0.25, 0.3) is 33.6 Å². The number of fused-ring (bicyclic) bond motifs is 1. The molecule has 4 aromatic rings. The lowest BCUT2D eigenvalue weighted by atomic mass is 9.86. The number of pyridine rings is 1. The monoisotopic (exact) mass is 723 g/mol. The maximum atomic E-state index is 11.9. The molecule has 1 N–H and O–H groups in total. The Morgan fingerprint density at radius 1 is 0.981 bits per heavy atom. The number of ether oxygens (including phenoxy) is 3. The topological polar surface area (TPSA) is 122 Å². The van der Waals surface area contributed by atoms with Crippen LogP contribution in [0.4, 0.5) is 0 Å². The number of carbonyl (C=O) groups is 2. The predicted molar refractivity (Wildman–Crippen MR) is 196 cm³/mol. The van der Waals surface area contributed by atoms with Crippen molar-refractivity contribution in [1.82, 2.24) is 35.0 Å². The molecule has 8 rings (SSSR count). The van der Waals surface area contributed by atoms with Crippen LogP contribution in [0.2, 0.25) is 5.02 Å². The van der Waals surface area contributed by atoms with Gasteiger partial charge in [0.2, 0.25) is 23.6 Å². The average Bonchev–Trinajstić information content (AvgIpc) is 3.75. The van der Waals surface area contributed by atoms with Gasteiger partial charge in [-0.2, -0.15) is 0 Å². The molecular weight excluding hydrogens is 682 g/mol. The highest BCUT2D eigenvalue weighted by molar-refractivity contribution is 6.36. The molecule has 0 aliphatic carbocycles. The third-order valence-corrected chi connectivity index (χ3v) is 11.4. The predicted octanol–water partition coefficient (Wildman–Crippen LogP) is 4.91. The third-order valence-electron chi connectivity index (χ3n) is 11.0. The van der Waals surface area contributed by atoms with E-state index in [2.05, 4.69) is 28.1 Å². The number of hydrogen-bond donors (Lipinski definition) is 1. The number of carbonyl (C=O) groups excluding carboxylic acids is 2. The summed E-state index contributed by atoms with van der Waals surface area (Å²) in [6.45, 7) is 9.27. The van der Waals surface area contributed by atoms with E-state index in [-0.39, 0.29) is 23.4 Å². The van der Waals surface area contributed by atoms with Crippen molar-refractivity contribution >= 4 is 23.4 Å². The summed E-state index contributed by atoms with van der Waals surface area (Å²) in [5.41, 5.74) is 7.47. The number of aromatic nitrogens is 3. The SMILES string of the molecule is COc1nc(-c2cccc(-c3cccc(-c4cc5c(c(OC)n4)[C@@H](N4CC6(CCC(=O)N6)C4)CO5)c3C)c2Cl)cnc1CN1CCN(C(C)=O)CC1. The van der Waals surface area contributed by atoms with Gasteiger partial charge in [-0.05, 0) is 24.5 Å². The fraction of sp³-hybridized carbons (Fsp3) is 0.410. The van der Waals surface area contributed by atoms with E-state index < -0.39 is 0 Å². The van der Waals surface area contributed by atoms with E-state index in [0.29, 0.717) is 55.1 Å². The lowest BCUT2D eigenvalue weighted by Gasteiger charge is -2.50. The van der Waals surface area contributed by atoms with Gasteiger partial charge in [0.05, 0.1) is 54.0 Å². The number of piperazine rings is 1. The minimum atomic E-state index is -0.118. The van der Waals surface area contributed by atoms with Crippen LogP contribution in [0.15, 0.2) is 48.7 Å². The van der Waals surface area contributed by atoms with Crippen molar-refractivity contribution in [2.75, 3.05) is 60.1 Å². The van der Waals surface area contributed by atoms with E-state index in [0.717, 1.165) is 83.1 Å². The standard InChI is InChI=1S/C39H42ClN7O5/c1-23-25(27-9-6-10-28(36(27)40)30-18-41-31(37(43-30)50-3)19-45-13-15-46(16-14-45)24(2)48)7-5-8-26(23)29-17-33-35(38(42-29)51-4)32(20-52-33)47-21-39(22-47)12-11-34(49)44-39/h5-10,17-18,32H,11-16,19-22H2,1-4H3,(H,44,49)/t32-/m0/s1. The van der Waals surface area contributed by atoms with Gasteiger partial charge in [-0.15, -0.1) is 0 Å². The summed E-state index contributed by atoms with van der Waals surface area (Å²) in [5, 5.41) is 3.73. The average molecular weight is 724 g/mol. The highest BCUT2D eigenvalue weighted by Crippen LogP contribution is 2.48. The molecule has 4 aliphatic heterocycles. The zero-order valence-corrected chi connectivity index (χ0v) is 30.6. The fourth-order valence-electron chi connectivity index (χ4n) is 8.11. The van der Waals surface area contributed by atoms with Gasteiger partial charge in [-0.25, -0.2) is 9.97 Å². The molecule has 3 fully saturated rings. The van der Waals surface area contributed by atoms with E-state index >= 15 is 0 Å². The molecule has 270 valence electrons. The van der Waals surface area contributed by atoms with Crippen LogP contribution in [-0.2, 0) is 16.1 Å². The summed E-state index contributed by atoms with van der Waals surface area (Å²) in [7, 11) is 3.24. The number of rotatable bonds is 8. The maximum absolute atomic E-state index is 11.9. The molecule has 2 aromatic carbocycles. The lowest BCUT2D eigenvalue weighted by Crippen LogP contribution is -2.67. The Hall–Kier alpha value is -4.78. The molecule has 1 spiro atoms. The summed E-state index contributed by atoms with van der Waals surface area (Å²) in [5.74, 6) is 2.00. The first kappa shape index (κ1) is 34.3. The zero-order chi connectivity index (χ0) is 36.1. The van der Waals surface area contributed by atoms with Gasteiger partial charge >= 0.3 is 0 Å². The molecule has 4 aliphatic rings. The number of hydrogen-bond acceptors (Lipinski definition) is 10. The van der Waals surface area contributed by atoms with Crippen molar-refractivity contribution in [2.24, 2.45) is 0 Å². The molecule has 0 unspecified atom stereocenters. The van der Waals surface area contributed by atoms with Crippen LogP contribution in [-0.4, -0.2) is 107 Å². The Morgan fingerprint density at radius 2 is 1.67 bits per heavy atom. The number of likely N-dealkylation sites (tertiary alicyclic amines) is 1. The molecule has 2 aromatic heterocycles. The Labute approximate surface area is 308 Å². The molecule has 13 heteroatoms. The number of methoxy groups -OCH3 is 2. The van der Waals surface area contributed by atoms with Crippen LogP contribution in [0, 0.1) is 6.92 Å². The van der Waals surface area contributed by atoms with Crippen LogP contribution in [0.1, 0.15) is 42.6 Å². The largest absolute Gasteiger partial charge is 0.491 e. The minimum absolute atomic E-state index is 0.0165. The Morgan fingerprint density at radius 3 is 2.37 bits per heavy atom. The van der Waals surface area contributed by atoms with Crippen molar-refractivity contribution in [3.8, 4) is 51.2 Å². The molecule has 12 nitrogen and oxygen atoms in total. The summed E-state index contributed by atoms with van der Waals surface area (Å²) >= 11 is 7.19. The smallest absolute Gasteiger partial charge is 0.237 e. The number of benzene rings is 2. The van der Waals surface area contributed by atoms with Gasteiger partial charge in [-0.3, -0.25) is 24.4 Å². The molecule has 52 heavy (non-hydrogen) atoms. The second kappa shape index (κ2) is 13.6. The van der Waals surface area contributed by atoms with Gasteiger partial charge in [0.25, 0.3) is 0 Å². The van der Waals surface area contributed by atoms with Crippen molar-refractivity contribution in [3.63, 3.8) is 0 Å². The molecule has 3 saturated heterocycles. The van der Waals surface area contributed by atoms with E-state index in [4.69, 9.17) is 40.8 Å². The van der Waals surface area contributed by atoms with Crippen LogP contribution < -0.4 is 19.5 Å². The van der Waals surface area contributed by atoms with Gasteiger partial charge < -0.3 is 24.4 Å². The van der Waals surface area contributed by atoms with E-state index in [9.17, 15) is 9.59 Å². The van der Waals surface area contributed by atoms with Crippen molar-refractivity contribution in [1.29, 1.82) is 0 Å². The normalized spacial score (nSPS) is 19.6. The first-order chi connectivity index (χ1) is 25.2. The molecule has 1 atom stereocenters. The molecule has 2 amide bonds. The first-order valence-corrected chi connectivity index (χ1v) is 18.1. The van der Waals surface area contributed by atoms with E-state index in [1.54, 1.807) is 27.3 Å².